The summed E-state index contributed by atoms with van der Waals surface area (Å²) in [7, 11) is 0. The maximum atomic E-state index is 13.1. The lowest BCUT2D eigenvalue weighted by Crippen LogP contribution is -2.03. The summed E-state index contributed by atoms with van der Waals surface area (Å²) in [4.78, 5) is 18.8. The zero-order valence-corrected chi connectivity index (χ0v) is 10.5. The van der Waals surface area contributed by atoms with Crippen LogP contribution in [0.3, 0.4) is 0 Å². The van der Waals surface area contributed by atoms with Crippen molar-refractivity contribution in [1.82, 2.24) is 9.97 Å². The number of nitrogens with one attached hydrogen (secondary N) is 1. The quantitative estimate of drug-likeness (QED) is 0.694. The Kier molecular flexibility index (Phi) is 3.71. The smallest absolute Gasteiger partial charge is 0.160 e. The fourth-order valence-electron chi connectivity index (χ4n) is 1.46. The fourth-order valence-corrected chi connectivity index (χ4v) is 1.71. The lowest BCUT2D eigenvalue weighted by Gasteiger charge is -2.09. The first-order valence-corrected chi connectivity index (χ1v) is 5.60. The Labute approximate surface area is 112 Å². The Bertz CT molecular complexity index is 649. The predicted molar refractivity (Wildman–Crippen MR) is 66.8 cm³/mol. The van der Waals surface area contributed by atoms with Gasteiger partial charge in [-0.05, 0) is 19.1 Å². The first-order valence-electron chi connectivity index (χ1n) is 5.22. The highest BCUT2D eigenvalue weighted by Crippen LogP contribution is 2.23. The molecule has 7 heteroatoms. The van der Waals surface area contributed by atoms with Gasteiger partial charge >= 0.3 is 0 Å². The summed E-state index contributed by atoms with van der Waals surface area (Å²) in [6.45, 7) is 1.59. The zero-order chi connectivity index (χ0) is 14.0. The first-order chi connectivity index (χ1) is 9.01. The van der Waals surface area contributed by atoms with Gasteiger partial charge in [0, 0.05) is 11.8 Å². The molecule has 4 nitrogen and oxygen atoms in total. The number of hydrogen-bond donors (Lipinski definition) is 1. The first kappa shape index (κ1) is 13.4. The standard InChI is InChI=1S/C12H8ClF2N3O/c1-6-16-11(13)8(5-19)12(17-6)18-7-2-3-9(14)10(15)4-7/h2-5H,1H3,(H,16,17,18). The SMILES string of the molecule is Cc1nc(Cl)c(C=O)c(Nc2ccc(F)c(F)c2)n1. The van der Waals surface area contributed by atoms with Gasteiger partial charge in [0.2, 0.25) is 0 Å². The van der Waals surface area contributed by atoms with E-state index >= 15 is 0 Å². The van der Waals surface area contributed by atoms with Gasteiger partial charge in [0.1, 0.15) is 16.8 Å². The van der Waals surface area contributed by atoms with E-state index in [1.807, 2.05) is 0 Å². The Balaban J connectivity index is 2.42. The molecule has 0 aliphatic rings. The third-order valence-corrected chi connectivity index (χ3v) is 2.60. The van der Waals surface area contributed by atoms with Crippen LogP contribution in [0.25, 0.3) is 0 Å². The Morgan fingerprint density at radius 3 is 2.63 bits per heavy atom. The molecule has 0 saturated heterocycles. The van der Waals surface area contributed by atoms with Gasteiger partial charge < -0.3 is 5.32 Å². The second-order valence-corrected chi connectivity index (χ2v) is 4.05. The van der Waals surface area contributed by atoms with Crippen LogP contribution in [0, 0.1) is 18.6 Å². The number of aryl methyl sites for hydroxylation is 1. The van der Waals surface area contributed by atoms with Crippen LogP contribution in [0.2, 0.25) is 5.15 Å². The summed E-state index contributed by atoms with van der Waals surface area (Å²) in [5.41, 5.74) is 0.299. The molecule has 0 saturated carbocycles. The summed E-state index contributed by atoms with van der Waals surface area (Å²) in [5, 5.41) is 2.69. The molecule has 98 valence electrons. The molecule has 1 aromatic carbocycles. The van der Waals surface area contributed by atoms with Crippen molar-refractivity contribution in [3.05, 3.63) is 46.4 Å². The minimum atomic E-state index is -1.01. The van der Waals surface area contributed by atoms with Gasteiger partial charge in [-0.25, -0.2) is 18.7 Å². The van der Waals surface area contributed by atoms with Crippen LogP contribution < -0.4 is 5.32 Å². The number of aldehydes is 1. The summed E-state index contributed by atoms with van der Waals surface area (Å²) >= 11 is 5.80. The molecule has 0 atom stereocenters. The molecule has 1 N–H and O–H groups in total. The molecule has 2 aromatic rings. The minimum Gasteiger partial charge on any atom is -0.339 e. The second-order valence-electron chi connectivity index (χ2n) is 3.70. The predicted octanol–water partition coefficient (Wildman–Crippen LogP) is 3.27. The molecule has 1 heterocycles. The molecule has 0 bridgehead atoms. The van der Waals surface area contributed by atoms with Gasteiger partial charge in [-0.1, -0.05) is 11.6 Å². The molecule has 1 aromatic heterocycles. The topological polar surface area (TPSA) is 54.9 Å². The van der Waals surface area contributed by atoms with Crippen molar-refractivity contribution in [2.45, 2.75) is 6.92 Å². The van der Waals surface area contributed by atoms with E-state index in [0.29, 0.717) is 12.1 Å². The van der Waals surface area contributed by atoms with E-state index in [4.69, 9.17) is 11.6 Å². The molecule has 0 unspecified atom stereocenters. The van der Waals surface area contributed by atoms with Crippen LogP contribution in [0.1, 0.15) is 16.2 Å². The van der Waals surface area contributed by atoms with Crippen molar-refractivity contribution in [3.63, 3.8) is 0 Å². The third kappa shape index (κ3) is 2.85. The van der Waals surface area contributed by atoms with Gasteiger partial charge in [-0.3, -0.25) is 4.79 Å². The van der Waals surface area contributed by atoms with Crippen molar-refractivity contribution in [2.75, 3.05) is 5.32 Å². The number of nitrogens with zero attached hydrogens (tertiary/aromatic N) is 2. The van der Waals surface area contributed by atoms with E-state index in [9.17, 15) is 13.6 Å². The van der Waals surface area contributed by atoms with Crippen LogP contribution in [0.4, 0.5) is 20.3 Å². The highest BCUT2D eigenvalue weighted by molar-refractivity contribution is 6.32. The number of carbonyl (C=O) groups excluding carboxylic acids is 1. The maximum absolute atomic E-state index is 13.1. The summed E-state index contributed by atoms with van der Waals surface area (Å²) in [6.07, 6.45) is 0.490. The summed E-state index contributed by atoms with van der Waals surface area (Å²) < 4.78 is 25.9. The number of anilines is 2. The number of carbonyl (C=O) groups is 1. The molecule has 0 aliphatic heterocycles. The van der Waals surface area contributed by atoms with Crippen LogP contribution >= 0.6 is 11.6 Å². The molecule has 0 amide bonds. The van der Waals surface area contributed by atoms with Gasteiger partial charge in [-0.2, -0.15) is 0 Å². The number of halogens is 3. The average Bonchev–Trinajstić information content (AvgIpc) is 2.33. The van der Waals surface area contributed by atoms with Gasteiger partial charge in [0.05, 0.1) is 5.56 Å². The Hall–Kier alpha value is -2.08. The Morgan fingerprint density at radius 1 is 1.26 bits per heavy atom. The van der Waals surface area contributed by atoms with Crippen LogP contribution in [-0.2, 0) is 0 Å². The number of aromatic nitrogens is 2. The molecule has 0 spiro atoms. The highest BCUT2D eigenvalue weighted by Gasteiger charge is 2.12. The number of hydrogen-bond acceptors (Lipinski definition) is 4. The maximum Gasteiger partial charge on any atom is 0.160 e. The van der Waals surface area contributed by atoms with E-state index in [-0.39, 0.29) is 22.2 Å². The van der Waals surface area contributed by atoms with E-state index in [1.165, 1.54) is 6.07 Å². The number of benzene rings is 1. The van der Waals surface area contributed by atoms with E-state index in [1.54, 1.807) is 6.92 Å². The van der Waals surface area contributed by atoms with E-state index in [0.717, 1.165) is 12.1 Å². The Morgan fingerprint density at radius 2 is 2.00 bits per heavy atom. The van der Waals surface area contributed by atoms with Crippen molar-refractivity contribution in [3.8, 4) is 0 Å². The van der Waals surface area contributed by atoms with Crippen molar-refractivity contribution in [1.29, 1.82) is 0 Å². The van der Waals surface area contributed by atoms with Crippen LogP contribution in [0.5, 0.6) is 0 Å². The van der Waals surface area contributed by atoms with E-state index in [2.05, 4.69) is 15.3 Å². The van der Waals surface area contributed by atoms with Crippen molar-refractivity contribution in [2.24, 2.45) is 0 Å². The largest absolute Gasteiger partial charge is 0.339 e. The third-order valence-electron chi connectivity index (χ3n) is 2.31. The molecule has 0 aliphatic carbocycles. The molecule has 0 fully saturated rings. The lowest BCUT2D eigenvalue weighted by molar-refractivity contribution is 0.112. The zero-order valence-electron chi connectivity index (χ0n) is 9.75. The average molecular weight is 284 g/mol. The minimum absolute atomic E-state index is 0.00687. The summed E-state index contributed by atoms with van der Waals surface area (Å²) in [5.74, 6) is -1.48. The molecular formula is C12H8ClF2N3O. The molecule has 0 radical (unpaired) electrons. The van der Waals surface area contributed by atoms with Crippen LogP contribution in [-0.4, -0.2) is 16.3 Å². The molecule has 19 heavy (non-hydrogen) atoms. The van der Waals surface area contributed by atoms with Gasteiger partial charge in [0.15, 0.2) is 17.9 Å². The van der Waals surface area contributed by atoms with Crippen LogP contribution in [0.15, 0.2) is 18.2 Å². The second kappa shape index (κ2) is 5.27. The normalized spacial score (nSPS) is 10.3. The van der Waals surface area contributed by atoms with Crippen molar-refractivity contribution >= 4 is 29.4 Å². The lowest BCUT2D eigenvalue weighted by atomic mass is 10.2. The number of rotatable bonds is 3. The monoisotopic (exact) mass is 283 g/mol. The molecular weight excluding hydrogens is 276 g/mol. The van der Waals surface area contributed by atoms with E-state index < -0.39 is 11.6 Å². The van der Waals surface area contributed by atoms with Gasteiger partial charge in [0.25, 0.3) is 0 Å². The summed E-state index contributed by atoms with van der Waals surface area (Å²) in [6, 6.07) is 3.24. The van der Waals surface area contributed by atoms with Crippen molar-refractivity contribution < 1.29 is 13.6 Å². The fraction of sp³-hybridized carbons (Fsp3) is 0.0833. The van der Waals surface area contributed by atoms with Gasteiger partial charge in [-0.15, -0.1) is 0 Å². The highest BCUT2D eigenvalue weighted by atomic mass is 35.5. The molecule has 2 rings (SSSR count).